The Morgan fingerprint density at radius 2 is 2.12 bits per heavy atom. The normalized spacial score (nSPS) is 11.2. The molecule has 0 spiro atoms. The van der Waals surface area contributed by atoms with Gasteiger partial charge in [0.15, 0.2) is 5.78 Å². The number of benzene rings is 1. The number of nitrogens with zero attached hydrogens (tertiary/aromatic N) is 2. The van der Waals surface area contributed by atoms with Crippen LogP contribution in [0.25, 0.3) is 6.08 Å². The number of furan rings is 1. The molecule has 2 heterocycles. The zero-order valence-corrected chi connectivity index (χ0v) is 14.7. The first-order valence-corrected chi connectivity index (χ1v) is 8.09. The van der Waals surface area contributed by atoms with Crippen molar-refractivity contribution < 1.29 is 13.9 Å². The Morgan fingerprint density at radius 3 is 2.84 bits per heavy atom. The van der Waals surface area contributed by atoms with Crippen LogP contribution < -0.4 is 4.74 Å². The standard InChI is InChI=1S/C19H17ClN2O3/c1-13-16(11-22(2)21-13)18(23)10-9-14-7-8-15(25-14)12-24-19-6-4-3-5-17(19)20/h3-11H,12H2,1-2H3/b10-9+. The van der Waals surface area contributed by atoms with Crippen LogP contribution in [0, 0.1) is 6.92 Å². The molecular formula is C19H17ClN2O3. The predicted molar refractivity (Wildman–Crippen MR) is 95.8 cm³/mol. The molecule has 5 nitrogen and oxygen atoms in total. The molecule has 0 N–H and O–H groups in total. The summed E-state index contributed by atoms with van der Waals surface area (Å²) in [6.07, 6.45) is 4.81. The number of aryl methyl sites for hydroxylation is 2. The van der Waals surface area contributed by atoms with E-state index >= 15 is 0 Å². The summed E-state index contributed by atoms with van der Waals surface area (Å²) in [6.45, 7) is 2.06. The Balaban J connectivity index is 1.62. The van der Waals surface area contributed by atoms with Gasteiger partial charge in [0, 0.05) is 13.2 Å². The fraction of sp³-hybridized carbons (Fsp3) is 0.158. The summed E-state index contributed by atoms with van der Waals surface area (Å²) in [5, 5.41) is 4.71. The van der Waals surface area contributed by atoms with Crippen molar-refractivity contribution in [2.24, 2.45) is 7.05 Å². The summed E-state index contributed by atoms with van der Waals surface area (Å²) in [4.78, 5) is 12.2. The molecule has 0 saturated carbocycles. The van der Waals surface area contributed by atoms with Crippen LogP contribution in [0.4, 0.5) is 0 Å². The van der Waals surface area contributed by atoms with Crippen molar-refractivity contribution in [1.82, 2.24) is 9.78 Å². The highest BCUT2D eigenvalue weighted by Crippen LogP contribution is 2.24. The molecule has 2 aromatic heterocycles. The van der Waals surface area contributed by atoms with E-state index in [1.165, 1.54) is 6.08 Å². The number of carbonyl (C=O) groups is 1. The number of allylic oxidation sites excluding steroid dienone is 1. The first kappa shape index (κ1) is 17.0. The number of para-hydroxylation sites is 1. The summed E-state index contributed by atoms with van der Waals surface area (Å²) in [5.41, 5.74) is 1.28. The molecule has 6 heteroatoms. The first-order chi connectivity index (χ1) is 12.0. The quantitative estimate of drug-likeness (QED) is 0.483. The van der Waals surface area contributed by atoms with Crippen LogP contribution in [-0.4, -0.2) is 15.6 Å². The Labute approximate surface area is 150 Å². The molecule has 0 fully saturated rings. The van der Waals surface area contributed by atoms with Gasteiger partial charge in [0.2, 0.25) is 0 Å². The van der Waals surface area contributed by atoms with Crippen molar-refractivity contribution in [3.63, 3.8) is 0 Å². The highest BCUT2D eigenvalue weighted by Gasteiger charge is 2.10. The van der Waals surface area contributed by atoms with Gasteiger partial charge in [0.05, 0.1) is 16.3 Å². The van der Waals surface area contributed by atoms with Gasteiger partial charge in [-0.15, -0.1) is 0 Å². The molecule has 3 rings (SSSR count). The molecule has 0 bridgehead atoms. The number of hydrogen-bond acceptors (Lipinski definition) is 4. The lowest BCUT2D eigenvalue weighted by atomic mass is 10.1. The van der Waals surface area contributed by atoms with Crippen molar-refractivity contribution in [2.75, 3.05) is 0 Å². The average Bonchev–Trinajstić information content (AvgIpc) is 3.18. The Kier molecular flexibility index (Phi) is 5.05. The van der Waals surface area contributed by atoms with E-state index in [0.717, 1.165) is 0 Å². The Hall–Kier alpha value is -2.79. The number of ether oxygens (including phenoxy) is 1. The summed E-state index contributed by atoms with van der Waals surface area (Å²) in [5.74, 6) is 1.70. The fourth-order valence-electron chi connectivity index (χ4n) is 2.36. The summed E-state index contributed by atoms with van der Waals surface area (Å²) >= 11 is 6.04. The summed E-state index contributed by atoms with van der Waals surface area (Å²) in [6, 6.07) is 10.8. The maximum absolute atomic E-state index is 12.2. The molecule has 0 radical (unpaired) electrons. The van der Waals surface area contributed by atoms with Gasteiger partial charge in [-0.25, -0.2) is 0 Å². The van der Waals surface area contributed by atoms with Crippen LogP contribution in [0.3, 0.4) is 0 Å². The molecule has 0 unspecified atom stereocenters. The maximum atomic E-state index is 12.2. The van der Waals surface area contributed by atoms with E-state index in [1.54, 1.807) is 55.2 Å². The van der Waals surface area contributed by atoms with Crippen LogP contribution >= 0.6 is 11.6 Å². The molecular weight excluding hydrogens is 340 g/mol. The second kappa shape index (κ2) is 7.40. The minimum atomic E-state index is -0.115. The molecule has 1 aromatic carbocycles. The average molecular weight is 357 g/mol. The van der Waals surface area contributed by atoms with Crippen molar-refractivity contribution in [3.8, 4) is 5.75 Å². The van der Waals surface area contributed by atoms with Gasteiger partial charge in [0.1, 0.15) is 23.9 Å². The molecule has 3 aromatic rings. The fourth-order valence-corrected chi connectivity index (χ4v) is 2.55. The zero-order chi connectivity index (χ0) is 17.8. The first-order valence-electron chi connectivity index (χ1n) is 7.71. The Bertz CT molecular complexity index is 924. The molecule has 0 aliphatic carbocycles. The smallest absolute Gasteiger partial charge is 0.189 e. The SMILES string of the molecule is Cc1nn(C)cc1C(=O)/C=C/c1ccc(COc2ccccc2Cl)o1. The van der Waals surface area contributed by atoms with E-state index in [9.17, 15) is 4.79 Å². The topological polar surface area (TPSA) is 57.3 Å². The van der Waals surface area contributed by atoms with Crippen molar-refractivity contribution in [1.29, 1.82) is 0 Å². The van der Waals surface area contributed by atoms with E-state index in [1.807, 2.05) is 12.1 Å². The molecule has 0 aliphatic heterocycles. The third-order valence-electron chi connectivity index (χ3n) is 3.57. The van der Waals surface area contributed by atoms with Crippen LogP contribution in [0.1, 0.15) is 27.6 Å². The van der Waals surface area contributed by atoms with E-state index in [2.05, 4.69) is 5.10 Å². The number of aromatic nitrogens is 2. The van der Waals surface area contributed by atoms with Gasteiger partial charge in [-0.3, -0.25) is 9.48 Å². The third-order valence-corrected chi connectivity index (χ3v) is 3.88. The van der Waals surface area contributed by atoms with Crippen LogP contribution in [0.15, 0.2) is 53.1 Å². The summed E-state index contributed by atoms with van der Waals surface area (Å²) < 4.78 is 12.9. The van der Waals surface area contributed by atoms with Gasteiger partial charge < -0.3 is 9.15 Å². The van der Waals surface area contributed by atoms with Gasteiger partial charge in [-0.2, -0.15) is 5.10 Å². The van der Waals surface area contributed by atoms with Gasteiger partial charge >= 0.3 is 0 Å². The predicted octanol–water partition coefficient (Wildman–Crippen LogP) is 4.45. The lowest BCUT2D eigenvalue weighted by Gasteiger charge is -2.05. The highest BCUT2D eigenvalue weighted by molar-refractivity contribution is 6.32. The number of hydrogen-bond donors (Lipinski definition) is 0. The van der Waals surface area contributed by atoms with Crippen molar-refractivity contribution in [2.45, 2.75) is 13.5 Å². The highest BCUT2D eigenvalue weighted by atomic mass is 35.5. The molecule has 0 atom stereocenters. The molecule has 0 amide bonds. The number of halogens is 1. The van der Waals surface area contributed by atoms with E-state index in [-0.39, 0.29) is 12.4 Å². The van der Waals surface area contributed by atoms with Gasteiger partial charge in [0.25, 0.3) is 0 Å². The van der Waals surface area contributed by atoms with Gasteiger partial charge in [-0.05, 0) is 43.3 Å². The maximum Gasteiger partial charge on any atom is 0.189 e. The number of ketones is 1. The molecule has 0 aliphatic rings. The largest absolute Gasteiger partial charge is 0.484 e. The lowest BCUT2D eigenvalue weighted by Crippen LogP contribution is -1.94. The lowest BCUT2D eigenvalue weighted by molar-refractivity contribution is 0.104. The van der Waals surface area contributed by atoms with E-state index in [0.29, 0.717) is 33.6 Å². The second-order valence-corrected chi connectivity index (χ2v) is 5.93. The number of carbonyl (C=O) groups excluding carboxylic acids is 1. The molecule has 128 valence electrons. The van der Waals surface area contributed by atoms with Crippen LogP contribution in [-0.2, 0) is 13.7 Å². The van der Waals surface area contributed by atoms with Crippen LogP contribution in [0.5, 0.6) is 5.75 Å². The Morgan fingerprint density at radius 1 is 1.32 bits per heavy atom. The zero-order valence-electron chi connectivity index (χ0n) is 13.9. The molecule has 0 saturated heterocycles. The monoisotopic (exact) mass is 356 g/mol. The van der Waals surface area contributed by atoms with Crippen molar-refractivity contribution in [3.05, 3.63) is 76.5 Å². The van der Waals surface area contributed by atoms with Gasteiger partial charge in [-0.1, -0.05) is 23.7 Å². The van der Waals surface area contributed by atoms with Crippen LogP contribution in [0.2, 0.25) is 5.02 Å². The molecule has 25 heavy (non-hydrogen) atoms. The number of rotatable bonds is 6. The second-order valence-electron chi connectivity index (χ2n) is 5.52. The third kappa shape index (κ3) is 4.19. The van der Waals surface area contributed by atoms with Crippen molar-refractivity contribution >= 4 is 23.5 Å². The minimum Gasteiger partial charge on any atom is -0.484 e. The minimum absolute atomic E-state index is 0.115. The van der Waals surface area contributed by atoms with E-state index in [4.69, 9.17) is 20.8 Å². The van der Waals surface area contributed by atoms with E-state index < -0.39 is 0 Å². The summed E-state index contributed by atoms with van der Waals surface area (Å²) in [7, 11) is 1.78.